The van der Waals surface area contributed by atoms with Gasteiger partial charge in [0.1, 0.15) is 0 Å². The largest absolute Gasteiger partial charge is 0.309 e. The van der Waals surface area contributed by atoms with Gasteiger partial charge in [-0.15, -0.1) is 22.7 Å². The molecule has 0 aliphatic rings. The van der Waals surface area contributed by atoms with E-state index in [1.807, 2.05) is 22.7 Å². The van der Waals surface area contributed by atoms with Crippen molar-refractivity contribution in [2.75, 3.05) is 0 Å². The van der Waals surface area contributed by atoms with E-state index in [1.165, 1.54) is 217 Å². The average molecular weight is 1640 g/mol. The number of fused-ring (bicyclic) bond motifs is 18. The summed E-state index contributed by atoms with van der Waals surface area (Å²) in [7, 11) is 0. The zero-order valence-corrected chi connectivity index (χ0v) is 70.1. The summed E-state index contributed by atoms with van der Waals surface area (Å²) >= 11 is 3.76. The third kappa shape index (κ3) is 12.2. The van der Waals surface area contributed by atoms with Gasteiger partial charge in [-0.1, -0.05) is 309 Å². The van der Waals surface area contributed by atoms with E-state index in [1.54, 1.807) is 0 Å². The minimum absolute atomic E-state index is 1.13. The highest BCUT2D eigenvalue weighted by Crippen LogP contribution is 2.48. The molecule has 0 saturated heterocycles. The second kappa shape index (κ2) is 30.0. The normalized spacial score (nSPS) is 11.8. The van der Waals surface area contributed by atoms with Crippen LogP contribution >= 0.6 is 22.7 Å². The molecule has 126 heavy (non-hydrogen) atoms. The van der Waals surface area contributed by atoms with Crippen LogP contribution in [0.2, 0.25) is 0 Å². The lowest BCUT2D eigenvalue weighted by molar-refractivity contribution is 1.16. The first-order valence-electron chi connectivity index (χ1n) is 43.2. The number of aromatic nitrogens is 4. The van der Waals surface area contributed by atoms with Crippen molar-refractivity contribution in [3.05, 3.63) is 461 Å². The van der Waals surface area contributed by atoms with Gasteiger partial charge < -0.3 is 18.3 Å². The van der Waals surface area contributed by atoms with Gasteiger partial charge in [-0.25, -0.2) is 0 Å². The van der Waals surface area contributed by atoms with Crippen molar-refractivity contribution in [1.82, 2.24) is 18.3 Å². The molecule has 6 aromatic heterocycles. The molecule has 0 saturated carbocycles. The predicted molar refractivity (Wildman–Crippen MR) is 540 cm³/mol. The fourth-order valence-corrected chi connectivity index (χ4v) is 22.4. The predicted octanol–water partition coefficient (Wildman–Crippen LogP) is 33.8. The smallest absolute Gasteiger partial charge is 0.0562 e. The lowest BCUT2D eigenvalue weighted by Crippen LogP contribution is -1.96. The third-order valence-electron chi connectivity index (χ3n) is 25.8. The van der Waals surface area contributed by atoms with Gasteiger partial charge in [0.05, 0.1) is 44.1 Å². The molecule has 26 rings (SSSR count). The summed E-state index contributed by atoms with van der Waals surface area (Å²) in [6.07, 6.45) is 0. The van der Waals surface area contributed by atoms with Crippen LogP contribution in [0.15, 0.2) is 461 Å². The molecular weight excluding hydrogens is 1560 g/mol. The highest BCUT2D eigenvalue weighted by atomic mass is 32.1. The van der Waals surface area contributed by atoms with E-state index in [-0.39, 0.29) is 0 Å². The van der Waals surface area contributed by atoms with Crippen LogP contribution in [0.1, 0.15) is 0 Å². The SMILES string of the molecule is c1ccc(-c2cc(-c3ccccc3)cc(-c3ccc4c(c3)c3cc5c6ccccc6n(-c6ccccc6)c5cc3n4-c3ccc(-c4cccc5c4sc4ccccc45)cc3)c2)cc1.c1ccc(-c2cc(-c3ccccc3)cc(-c3ccc4c5cc6c7ccccc7n(-c7ccccc7)c6cc5n(-c5ccc(-c6cccc7c6sc6ccccc67)cc5)c4c3)c2)cc1. The van der Waals surface area contributed by atoms with E-state index in [0.29, 0.717) is 0 Å². The third-order valence-corrected chi connectivity index (χ3v) is 28.2. The van der Waals surface area contributed by atoms with E-state index in [0.717, 1.165) is 22.7 Å². The first kappa shape index (κ1) is 72.8. The Balaban J connectivity index is 0.000000137. The Morgan fingerprint density at radius 3 is 0.802 bits per heavy atom. The summed E-state index contributed by atoms with van der Waals surface area (Å²) in [6, 6.07) is 169. The summed E-state index contributed by atoms with van der Waals surface area (Å²) in [4.78, 5) is 0. The van der Waals surface area contributed by atoms with Crippen LogP contribution in [0.25, 0.3) is 239 Å². The molecule has 0 N–H and O–H groups in total. The molecule has 588 valence electrons. The molecule has 0 unspecified atom stereocenters. The molecule has 0 aliphatic carbocycles. The van der Waals surface area contributed by atoms with Gasteiger partial charge in [0.15, 0.2) is 0 Å². The van der Waals surface area contributed by atoms with E-state index < -0.39 is 0 Å². The Bertz CT molecular complexity index is 8610. The molecule has 0 atom stereocenters. The van der Waals surface area contributed by atoms with E-state index in [2.05, 4.69) is 479 Å². The number of benzene rings is 20. The maximum atomic E-state index is 2.49. The molecule has 0 bridgehead atoms. The van der Waals surface area contributed by atoms with Crippen LogP contribution in [-0.2, 0) is 0 Å². The number of para-hydroxylation sites is 4. The molecule has 0 fully saturated rings. The Labute approximate surface area is 735 Å². The molecular formula is C120H76N4S2. The fraction of sp³-hybridized carbons (Fsp3) is 0. The molecule has 0 aliphatic heterocycles. The zero-order valence-electron chi connectivity index (χ0n) is 68.5. The van der Waals surface area contributed by atoms with Gasteiger partial charge in [0.25, 0.3) is 0 Å². The van der Waals surface area contributed by atoms with Crippen LogP contribution in [0.5, 0.6) is 0 Å². The quantitative estimate of drug-likeness (QED) is 0.116. The van der Waals surface area contributed by atoms with Crippen molar-refractivity contribution < 1.29 is 0 Å². The molecule has 0 amide bonds. The number of nitrogens with zero attached hydrogens (tertiary/aromatic N) is 4. The van der Waals surface area contributed by atoms with Crippen LogP contribution in [-0.4, -0.2) is 18.3 Å². The summed E-state index contributed by atoms with van der Waals surface area (Å²) in [5.74, 6) is 0. The molecule has 6 heteroatoms. The Morgan fingerprint density at radius 1 is 0.127 bits per heavy atom. The van der Waals surface area contributed by atoms with Crippen molar-refractivity contribution in [1.29, 1.82) is 0 Å². The van der Waals surface area contributed by atoms with Crippen molar-refractivity contribution in [2.24, 2.45) is 0 Å². The topological polar surface area (TPSA) is 19.7 Å². The Hall–Kier alpha value is -16.0. The van der Waals surface area contributed by atoms with Crippen LogP contribution in [0.4, 0.5) is 0 Å². The van der Waals surface area contributed by atoms with Gasteiger partial charge in [0, 0.05) is 106 Å². The van der Waals surface area contributed by atoms with E-state index in [4.69, 9.17) is 0 Å². The lowest BCUT2D eigenvalue weighted by Gasteiger charge is -2.13. The van der Waals surface area contributed by atoms with Crippen molar-refractivity contribution >= 4 is 150 Å². The van der Waals surface area contributed by atoms with Crippen molar-refractivity contribution in [3.8, 4) is 112 Å². The molecule has 20 aromatic carbocycles. The summed E-state index contributed by atoms with van der Waals surface area (Å²) in [5.41, 5.74) is 33.4. The van der Waals surface area contributed by atoms with Gasteiger partial charge in [-0.05, 0) is 241 Å². The zero-order chi connectivity index (χ0) is 82.9. The number of rotatable bonds is 12. The second-order valence-electron chi connectivity index (χ2n) is 33.0. The molecule has 26 aromatic rings. The maximum absolute atomic E-state index is 2.49. The standard InChI is InChI=1S/2C60H38N2S/c1-4-15-39(16-5-1)43-33-44(40-17-6-2-7-18-40)35-45(34-43)42-29-32-50-54-37-53-49-21-10-12-25-55(49)61(46-19-8-3-9-20-46)57(53)38-58(54)62(56(50)36-42)47-30-27-41(28-31-47)48-23-14-24-52-51-22-11-13-26-59(51)63-60(48)52;1-4-15-39(16-5-1)43-33-44(40-17-6-2-7-18-40)35-45(34-43)42-29-32-56-52(36-42)54-37-53-49-21-10-12-25-55(49)61(46-19-8-3-9-20-46)57(53)38-58(54)62(56)47-30-27-41(28-31-47)48-23-14-24-51-50-22-11-13-26-59(50)63-60(48)51/h2*1-38H. The Morgan fingerprint density at radius 2 is 0.397 bits per heavy atom. The van der Waals surface area contributed by atoms with Crippen LogP contribution in [0.3, 0.4) is 0 Å². The van der Waals surface area contributed by atoms with Crippen LogP contribution < -0.4 is 0 Å². The lowest BCUT2D eigenvalue weighted by atomic mass is 9.93. The van der Waals surface area contributed by atoms with E-state index in [9.17, 15) is 0 Å². The minimum Gasteiger partial charge on any atom is -0.309 e. The van der Waals surface area contributed by atoms with Crippen molar-refractivity contribution in [2.45, 2.75) is 0 Å². The first-order chi connectivity index (χ1) is 62.5. The fourth-order valence-electron chi connectivity index (χ4n) is 19.9. The van der Waals surface area contributed by atoms with Gasteiger partial charge >= 0.3 is 0 Å². The molecule has 6 heterocycles. The minimum atomic E-state index is 1.13. The Kier molecular flexibility index (Phi) is 17.3. The molecule has 0 spiro atoms. The average Bonchev–Trinajstić information content (AvgIpc) is 1.56. The second-order valence-corrected chi connectivity index (χ2v) is 35.1. The monoisotopic (exact) mass is 1640 g/mol. The summed E-state index contributed by atoms with van der Waals surface area (Å²) in [5, 5.41) is 15.2. The maximum Gasteiger partial charge on any atom is 0.0562 e. The van der Waals surface area contributed by atoms with Gasteiger partial charge in [-0.2, -0.15) is 0 Å². The van der Waals surface area contributed by atoms with Crippen molar-refractivity contribution in [3.63, 3.8) is 0 Å². The molecule has 0 radical (unpaired) electrons. The van der Waals surface area contributed by atoms with Gasteiger partial charge in [-0.3, -0.25) is 0 Å². The van der Waals surface area contributed by atoms with E-state index >= 15 is 0 Å². The number of hydrogen-bond acceptors (Lipinski definition) is 2. The number of hydrogen-bond donors (Lipinski definition) is 0. The first-order valence-corrected chi connectivity index (χ1v) is 44.8. The summed E-state index contributed by atoms with van der Waals surface area (Å²) < 4.78 is 15.1. The van der Waals surface area contributed by atoms with Gasteiger partial charge in [0.2, 0.25) is 0 Å². The van der Waals surface area contributed by atoms with Crippen LogP contribution in [0, 0.1) is 0 Å². The highest BCUT2D eigenvalue weighted by Gasteiger charge is 2.25. The summed E-state index contributed by atoms with van der Waals surface area (Å²) in [6.45, 7) is 0. The molecule has 4 nitrogen and oxygen atoms in total. The number of thiophene rings is 2. The highest BCUT2D eigenvalue weighted by molar-refractivity contribution is 7.26.